The summed E-state index contributed by atoms with van der Waals surface area (Å²) >= 11 is 0. The standard InChI is InChI=1S/C15H23N3O/c1-4-16-15(19)12-6-5-11(2)14(9-12)17-13-7-8-18(3)10-13/h5-6,9,13,17H,4,7-8,10H2,1-3H3,(H,16,19). The molecule has 1 aliphatic heterocycles. The van der Waals surface area contributed by atoms with Crippen LogP contribution < -0.4 is 10.6 Å². The van der Waals surface area contributed by atoms with Gasteiger partial charge in [-0.25, -0.2) is 0 Å². The number of carbonyl (C=O) groups excluding carboxylic acids is 1. The summed E-state index contributed by atoms with van der Waals surface area (Å²) in [4.78, 5) is 14.2. The molecule has 1 aromatic rings. The molecule has 4 heteroatoms. The fraction of sp³-hybridized carbons (Fsp3) is 0.533. The van der Waals surface area contributed by atoms with E-state index in [-0.39, 0.29) is 5.91 Å². The number of hydrogen-bond donors (Lipinski definition) is 2. The molecule has 19 heavy (non-hydrogen) atoms. The van der Waals surface area contributed by atoms with Crippen LogP contribution in [0.1, 0.15) is 29.3 Å². The summed E-state index contributed by atoms with van der Waals surface area (Å²) in [6.07, 6.45) is 1.15. The second-order valence-electron chi connectivity index (χ2n) is 5.28. The fourth-order valence-electron chi connectivity index (χ4n) is 2.45. The van der Waals surface area contributed by atoms with Gasteiger partial charge in [-0.05, 0) is 51.6 Å². The molecule has 1 amide bonds. The van der Waals surface area contributed by atoms with Crippen LogP contribution in [-0.2, 0) is 0 Å². The van der Waals surface area contributed by atoms with Crippen LogP contribution in [0.4, 0.5) is 5.69 Å². The Labute approximate surface area is 115 Å². The number of carbonyl (C=O) groups is 1. The van der Waals surface area contributed by atoms with Gasteiger partial charge in [-0.3, -0.25) is 4.79 Å². The van der Waals surface area contributed by atoms with E-state index in [1.54, 1.807) is 0 Å². The number of anilines is 1. The topological polar surface area (TPSA) is 44.4 Å². The third-order valence-corrected chi connectivity index (χ3v) is 3.59. The van der Waals surface area contributed by atoms with E-state index in [1.165, 1.54) is 5.56 Å². The van der Waals surface area contributed by atoms with Gasteiger partial charge in [0.1, 0.15) is 0 Å². The van der Waals surface area contributed by atoms with E-state index < -0.39 is 0 Å². The van der Waals surface area contributed by atoms with Crippen molar-refractivity contribution in [1.29, 1.82) is 0 Å². The van der Waals surface area contributed by atoms with Crippen molar-refractivity contribution < 1.29 is 4.79 Å². The van der Waals surface area contributed by atoms with Gasteiger partial charge in [0, 0.05) is 30.4 Å². The van der Waals surface area contributed by atoms with Gasteiger partial charge in [-0.2, -0.15) is 0 Å². The molecule has 1 aromatic carbocycles. The summed E-state index contributed by atoms with van der Waals surface area (Å²) in [5, 5.41) is 6.39. The Morgan fingerprint density at radius 1 is 1.47 bits per heavy atom. The number of aryl methyl sites for hydroxylation is 1. The Morgan fingerprint density at radius 3 is 2.89 bits per heavy atom. The molecule has 0 radical (unpaired) electrons. The maximum Gasteiger partial charge on any atom is 0.251 e. The lowest BCUT2D eigenvalue weighted by molar-refractivity contribution is 0.0956. The van der Waals surface area contributed by atoms with Gasteiger partial charge in [-0.1, -0.05) is 6.07 Å². The van der Waals surface area contributed by atoms with Crippen LogP contribution in [0.3, 0.4) is 0 Å². The van der Waals surface area contributed by atoms with Crippen molar-refractivity contribution in [2.75, 3.05) is 32.0 Å². The van der Waals surface area contributed by atoms with E-state index >= 15 is 0 Å². The van der Waals surface area contributed by atoms with Gasteiger partial charge in [0.15, 0.2) is 0 Å². The van der Waals surface area contributed by atoms with Gasteiger partial charge < -0.3 is 15.5 Å². The summed E-state index contributed by atoms with van der Waals surface area (Å²) in [7, 11) is 2.14. The average Bonchev–Trinajstić information content (AvgIpc) is 2.78. The predicted octanol–water partition coefficient (Wildman–Crippen LogP) is 1.86. The maximum absolute atomic E-state index is 11.9. The van der Waals surface area contributed by atoms with E-state index in [0.717, 1.165) is 30.8 Å². The van der Waals surface area contributed by atoms with Crippen LogP contribution in [-0.4, -0.2) is 43.5 Å². The number of benzene rings is 1. The first kappa shape index (κ1) is 13.9. The number of rotatable bonds is 4. The lowest BCUT2D eigenvalue weighted by Gasteiger charge is -2.17. The molecule has 4 nitrogen and oxygen atoms in total. The molecule has 1 atom stereocenters. The highest BCUT2D eigenvalue weighted by Crippen LogP contribution is 2.20. The van der Waals surface area contributed by atoms with Crippen LogP contribution in [0.15, 0.2) is 18.2 Å². The highest BCUT2D eigenvalue weighted by atomic mass is 16.1. The number of likely N-dealkylation sites (tertiary alicyclic amines) is 1. The predicted molar refractivity (Wildman–Crippen MR) is 78.7 cm³/mol. The molecule has 1 unspecified atom stereocenters. The van der Waals surface area contributed by atoms with Crippen molar-refractivity contribution in [3.63, 3.8) is 0 Å². The lowest BCUT2D eigenvalue weighted by Crippen LogP contribution is -2.25. The minimum atomic E-state index is -0.00547. The second-order valence-corrected chi connectivity index (χ2v) is 5.28. The average molecular weight is 261 g/mol. The molecule has 104 valence electrons. The van der Waals surface area contributed by atoms with Gasteiger partial charge >= 0.3 is 0 Å². The summed E-state index contributed by atoms with van der Waals surface area (Å²) in [5.74, 6) is -0.00547. The second kappa shape index (κ2) is 6.06. The molecule has 0 aliphatic carbocycles. The van der Waals surface area contributed by atoms with E-state index in [2.05, 4.69) is 29.5 Å². The van der Waals surface area contributed by atoms with Gasteiger partial charge in [0.05, 0.1) is 0 Å². The van der Waals surface area contributed by atoms with Crippen molar-refractivity contribution >= 4 is 11.6 Å². The molecular weight excluding hydrogens is 238 g/mol. The number of amides is 1. The SMILES string of the molecule is CCNC(=O)c1ccc(C)c(NC2CCN(C)C2)c1. The lowest BCUT2D eigenvalue weighted by atomic mass is 10.1. The van der Waals surface area contributed by atoms with E-state index in [4.69, 9.17) is 0 Å². The fourth-order valence-corrected chi connectivity index (χ4v) is 2.45. The number of likely N-dealkylation sites (N-methyl/N-ethyl adjacent to an activating group) is 1. The summed E-state index contributed by atoms with van der Waals surface area (Å²) in [6, 6.07) is 6.32. The van der Waals surface area contributed by atoms with Crippen molar-refractivity contribution in [3.05, 3.63) is 29.3 Å². The van der Waals surface area contributed by atoms with E-state index in [9.17, 15) is 4.79 Å². The zero-order valence-corrected chi connectivity index (χ0v) is 12.0. The van der Waals surface area contributed by atoms with Crippen LogP contribution in [0.25, 0.3) is 0 Å². The largest absolute Gasteiger partial charge is 0.381 e. The number of hydrogen-bond acceptors (Lipinski definition) is 3. The first-order valence-electron chi connectivity index (χ1n) is 6.94. The van der Waals surface area contributed by atoms with Crippen molar-refractivity contribution in [1.82, 2.24) is 10.2 Å². The molecule has 1 fully saturated rings. The molecule has 2 N–H and O–H groups in total. The van der Waals surface area contributed by atoms with Crippen LogP contribution in [0.2, 0.25) is 0 Å². The molecule has 0 spiro atoms. The molecule has 2 rings (SSSR count). The maximum atomic E-state index is 11.9. The Kier molecular flexibility index (Phi) is 4.43. The van der Waals surface area contributed by atoms with Gasteiger partial charge in [0.25, 0.3) is 5.91 Å². The smallest absolute Gasteiger partial charge is 0.251 e. The summed E-state index contributed by atoms with van der Waals surface area (Å²) in [6.45, 7) is 6.85. The third-order valence-electron chi connectivity index (χ3n) is 3.59. The minimum Gasteiger partial charge on any atom is -0.381 e. The monoisotopic (exact) mass is 261 g/mol. The minimum absolute atomic E-state index is 0.00547. The Hall–Kier alpha value is -1.55. The molecule has 0 saturated carbocycles. The van der Waals surface area contributed by atoms with Gasteiger partial charge in [0.2, 0.25) is 0 Å². The number of nitrogens with zero attached hydrogens (tertiary/aromatic N) is 1. The summed E-state index contributed by atoms with van der Waals surface area (Å²) in [5.41, 5.74) is 2.98. The molecule has 1 heterocycles. The first-order chi connectivity index (χ1) is 9.10. The molecule has 0 aromatic heterocycles. The number of nitrogens with one attached hydrogen (secondary N) is 2. The van der Waals surface area contributed by atoms with E-state index in [1.807, 2.05) is 25.1 Å². The van der Waals surface area contributed by atoms with Crippen LogP contribution in [0.5, 0.6) is 0 Å². The highest BCUT2D eigenvalue weighted by molar-refractivity contribution is 5.95. The third kappa shape index (κ3) is 3.47. The van der Waals surface area contributed by atoms with Crippen molar-refractivity contribution in [2.24, 2.45) is 0 Å². The van der Waals surface area contributed by atoms with E-state index in [0.29, 0.717) is 12.6 Å². The van der Waals surface area contributed by atoms with Crippen LogP contribution >= 0.6 is 0 Å². The molecular formula is C15H23N3O. The Balaban J connectivity index is 2.10. The van der Waals surface area contributed by atoms with Crippen LogP contribution in [0, 0.1) is 6.92 Å². The zero-order valence-electron chi connectivity index (χ0n) is 12.0. The first-order valence-corrected chi connectivity index (χ1v) is 6.94. The summed E-state index contributed by atoms with van der Waals surface area (Å²) < 4.78 is 0. The quantitative estimate of drug-likeness (QED) is 0.869. The Bertz CT molecular complexity index is 459. The normalized spacial score (nSPS) is 19.4. The molecule has 1 saturated heterocycles. The molecule has 1 aliphatic rings. The molecule has 0 bridgehead atoms. The Morgan fingerprint density at radius 2 is 2.26 bits per heavy atom. The van der Waals surface area contributed by atoms with Gasteiger partial charge in [-0.15, -0.1) is 0 Å². The van der Waals surface area contributed by atoms with Crippen molar-refractivity contribution in [3.8, 4) is 0 Å². The highest BCUT2D eigenvalue weighted by Gasteiger charge is 2.19. The van der Waals surface area contributed by atoms with Crippen molar-refractivity contribution in [2.45, 2.75) is 26.3 Å². The zero-order chi connectivity index (χ0) is 13.8.